The molecular weight excluding hydrogens is 319 g/mol. The summed E-state index contributed by atoms with van der Waals surface area (Å²) in [6.07, 6.45) is 2.90. The molecule has 0 saturated heterocycles. The fourth-order valence-electron chi connectivity index (χ4n) is 2.64. The molecule has 0 aliphatic carbocycles. The average Bonchev–Trinajstić information content (AvgIpc) is 3.06. The maximum Gasteiger partial charge on any atom is 0.288 e. The summed E-state index contributed by atoms with van der Waals surface area (Å²) in [4.78, 5) is 15.8. The number of nitrogens with one attached hydrogen (secondary N) is 1. The summed E-state index contributed by atoms with van der Waals surface area (Å²) in [7, 11) is 0. The van der Waals surface area contributed by atoms with Crippen molar-refractivity contribution in [3.05, 3.63) is 77.8 Å². The number of amides is 1. The molecule has 5 heteroatoms. The van der Waals surface area contributed by atoms with Crippen molar-refractivity contribution in [3.63, 3.8) is 0 Å². The number of hydrogen-bond acceptors (Lipinski definition) is 3. The minimum absolute atomic E-state index is 0.222. The molecule has 0 aliphatic heterocycles. The fourth-order valence-corrected chi connectivity index (χ4v) is 2.64. The molecule has 1 heterocycles. The molecule has 0 atom stereocenters. The first-order valence-electron chi connectivity index (χ1n) is 8.17. The van der Waals surface area contributed by atoms with Gasteiger partial charge >= 0.3 is 0 Å². The van der Waals surface area contributed by atoms with Crippen molar-refractivity contribution in [2.24, 2.45) is 0 Å². The first kappa shape index (κ1) is 16.9. The number of benzene rings is 2. The molecule has 3 aromatic rings. The summed E-state index contributed by atoms with van der Waals surface area (Å²) in [5.41, 5.74) is 3.19. The molecule has 1 amide bonds. The lowest BCUT2D eigenvalue weighted by Gasteiger charge is -2.06. The van der Waals surface area contributed by atoms with Gasteiger partial charge in [0.15, 0.2) is 6.39 Å². The molecule has 2 aromatic carbocycles. The third-order valence-corrected chi connectivity index (χ3v) is 4.02. The van der Waals surface area contributed by atoms with Gasteiger partial charge in [0.25, 0.3) is 5.91 Å². The first-order chi connectivity index (χ1) is 12.1. The lowest BCUT2D eigenvalue weighted by Crippen LogP contribution is -2.25. The molecule has 0 aliphatic rings. The molecule has 1 aromatic heterocycles. The highest BCUT2D eigenvalue weighted by atomic mass is 19.1. The van der Waals surface area contributed by atoms with E-state index in [-0.39, 0.29) is 17.5 Å². The molecule has 128 valence electrons. The molecule has 1 N–H and O–H groups in total. The third kappa shape index (κ3) is 4.12. The van der Waals surface area contributed by atoms with Crippen molar-refractivity contribution >= 4 is 5.91 Å². The quantitative estimate of drug-likeness (QED) is 0.687. The van der Waals surface area contributed by atoms with Crippen molar-refractivity contribution < 1.29 is 13.6 Å². The summed E-state index contributed by atoms with van der Waals surface area (Å²) >= 11 is 0. The highest BCUT2D eigenvalue weighted by molar-refractivity contribution is 5.92. The Morgan fingerprint density at radius 1 is 1.16 bits per heavy atom. The minimum atomic E-state index is -0.245. The van der Waals surface area contributed by atoms with Crippen molar-refractivity contribution in [1.29, 1.82) is 0 Å². The Kier molecular flexibility index (Phi) is 5.23. The lowest BCUT2D eigenvalue weighted by atomic mass is 10.0. The van der Waals surface area contributed by atoms with Crippen molar-refractivity contribution in [2.45, 2.75) is 19.8 Å². The van der Waals surface area contributed by atoms with Crippen LogP contribution < -0.4 is 5.32 Å². The van der Waals surface area contributed by atoms with E-state index in [0.717, 1.165) is 24.0 Å². The molecule has 3 rings (SSSR count). The Bertz CT molecular complexity index is 856. The zero-order chi connectivity index (χ0) is 17.6. The maximum absolute atomic E-state index is 13.8. The zero-order valence-electron chi connectivity index (χ0n) is 14.0. The van der Waals surface area contributed by atoms with E-state index in [1.165, 1.54) is 12.5 Å². The van der Waals surface area contributed by atoms with Gasteiger partial charge in [-0.1, -0.05) is 42.5 Å². The van der Waals surface area contributed by atoms with Gasteiger partial charge in [0, 0.05) is 12.1 Å². The van der Waals surface area contributed by atoms with Gasteiger partial charge in [-0.05, 0) is 37.0 Å². The van der Waals surface area contributed by atoms with E-state index in [9.17, 15) is 9.18 Å². The van der Waals surface area contributed by atoms with E-state index in [0.29, 0.717) is 17.8 Å². The van der Waals surface area contributed by atoms with E-state index >= 15 is 0 Å². The molecule has 0 unspecified atom stereocenters. The summed E-state index contributed by atoms with van der Waals surface area (Å²) in [6.45, 7) is 2.28. The van der Waals surface area contributed by atoms with E-state index < -0.39 is 0 Å². The van der Waals surface area contributed by atoms with Crippen LogP contribution in [0.5, 0.6) is 0 Å². The van der Waals surface area contributed by atoms with Crippen LogP contribution in [-0.2, 0) is 6.42 Å². The van der Waals surface area contributed by atoms with Crippen LogP contribution in [0.2, 0.25) is 0 Å². The van der Waals surface area contributed by atoms with Crippen LogP contribution in [0.4, 0.5) is 4.39 Å². The molecule has 0 spiro atoms. The third-order valence-electron chi connectivity index (χ3n) is 4.02. The van der Waals surface area contributed by atoms with Gasteiger partial charge in [0.2, 0.25) is 5.76 Å². The fraction of sp³-hybridized carbons (Fsp3) is 0.200. The van der Waals surface area contributed by atoms with Gasteiger partial charge in [0.1, 0.15) is 5.82 Å². The molecule has 0 fully saturated rings. The smallest absolute Gasteiger partial charge is 0.288 e. The van der Waals surface area contributed by atoms with Gasteiger partial charge in [-0.3, -0.25) is 4.79 Å². The van der Waals surface area contributed by atoms with Crippen molar-refractivity contribution in [2.75, 3.05) is 6.54 Å². The average molecular weight is 338 g/mol. The maximum atomic E-state index is 13.8. The molecule has 4 nitrogen and oxygen atoms in total. The van der Waals surface area contributed by atoms with Gasteiger partial charge in [0.05, 0.1) is 5.69 Å². The van der Waals surface area contributed by atoms with Gasteiger partial charge in [-0.2, -0.15) is 0 Å². The van der Waals surface area contributed by atoms with E-state index in [1.807, 2.05) is 30.3 Å². The predicted molar refractivity (Wildman–Crippen MR) is 93.7 cm³/mol. The number of oxazole rings is 1. The summed E-state index contributed by atoms with van der Waals surface area (Å²) < 4.78 is 18.8. The first-order valence-corrected chi connectivity index (χ1v) is 8.17. The van der Waals surface area contributed by atoms with Crippen molar-refractivity contribution in [3.8, 4) is 11.1 Å². The molecule has 0 saturated carbocycles. The molecule has 0 bridgehead atoms. The monoisotopic (exact) mass is 338 g/mol. The largest absolute Gasteiger partial charge is 0.438 e. The van der Waals surface area contributed by atoms with E-state index in [1.54, 1.807) is 19.1 Å². The highest BCUT2D eigenvalue weighted by Crippen LogP contribution is 2.23. The molecule has 0 radical (unpaired) electrons. The Hall–Kier alpha value is -2.95. The van der Waals surface area contributed by atoms with Crippen molar-refractivity contribution in [1.82, 2.24) is 10.3 Å². The van der Waals surface area contributed by atoms with E-state index in [4.69, 9.17) is 4.42 Å². The van der Waals surface area contributed by atoms with Crippen LogP contribution in [-0.4, -0.2) is 17.4 Å². The molecular formula is C20H19FN2O2. The highest BCUT2D eigenvalue weighted by Gasteiger charge is 2.12. The Labute approximate surface area is 145 Å². The normalized spacial score (nSPS) is 10.6. The number of rotatable bonds is 6. The minimum Gasteiger partial charge on any atom is -0.438 e. The van der Waals surface area contributed by atoms with Crippen LogP contribution in [0.1, 0.15) is 28.2 Å². The van der Waals surface area contributed by atoms with Gasteiger partial charge in [-0.25, -0.2) is 9.37 Å². The predicted octanol–water partition coefficient (Wildman–Crippen LogP) is 4.15. The summed E-state index contributed by atoms with van der Waals surface area (Å²) in [5, 5.41) is 2.82. The van der Waals surface area contributed by atoms with Gasteiger partial charge in [-0.15, -0.1) is 0 Å². The number of carbonyl (C=O) groups excluding carboxylic acids is 1. The lowest BCUT2D eigenvalue weighted by molar-refractivity contribution is 0.0924. The topological polar surface area (TPSA) is 55.1 Å². The Balaban J connectivity index is 1.50. The number of aromatic nitrogens is 1. The second-order valence-electron chi connectivity index (χ2n) is 5.80. The van der Waals surface area contributed by atoms with E-state index in [2.05, 4.69) is 10.3 Å². The summed E-state index contributed by atoms with van der Waals surface area (Å²) in [6, 6.07) is 14.6. The second kappa shape index (κ2) is 7.75. The number of nitrogens with zero attached hydrogens (tertiary/aromatic N) is 1. The standard InChI is InChI=1S/C20H19FN2O2/c1-14-19(25-13-23-14)20(24)22-12-4-5-15-8-10-16(11-9-15)17-6-2-3-7-18(17)21/h2-3,6-11,13H,4-5,12H2,1H3,(H,22,24). The van der Waals surface area contributed by atoms with Gasteiger partial charge < -0.3 is 9.73 Å². The SMILES string of the molecule is Cc1ncoc1C(=O)NCCCc1ccc(-c2ccccc2F)cc1. The van der Waals surface area contributed by atoms with Crippen LogP contribution in [0.25, 0.3) is 11.1 Å². The summed E-state index contributed by atoms with van der Waals surface area (Å²) in [5.74, 6) is -0.209. The van der Waals surface area contributed by atoms with Crippen LogP contribution in [0.15, 0.2) is 59.3 Å². The Morgan fingerprint density at radius 2 is 1.92 bits per heavy atom. The van der Waals surface area contributed by atoms with Crippen LogP contribution >= 0.6 is 0 Å². The molecule has 25 heavy (non-hydrogen) atoms. The van der Waals surface area contributed by atoms with Crippen LogP contribution in [0, 0.1) is 12.7 Å². The number of hydrogen-bond donors (Lipinski definition) is 1. The number of carbonyl (C=O) groups is 1. The number of aryl methyl sites for hydroxylation is 2. The number of halogens is 1. The zero-order valence-corrected chi connectivity index (χ0v) is 14.0. The Morgan fingerprint density at radius 3 is 2.60 bits per heavy atom. The second-order valence-corrected chi connectivity index (χ2v) is 5.80. The van der Waals surface area contributed by atoms with Crippen LogP contribution in [0.3, 0.4) is 0 Å².